The van der Waals surface area contributed by atoms with Crippen molar-refractivity contribution in [2.75, 3.05) is 30.5 Å². The van der Waals surface area contributed by atoms with Gasteiger partial charge in [-0.25, -0.2) is 18.2 Å². The maximum atomic E-state index is 14.3. The first-order valence-corrected chi connectivity index (χ1v) is 10.9. The highest BCUT2D eigenvalue weighted by atomic mass is 19.2. The smallest absolute Gasteiger partial charge is 0.255 e. The van der Waals surface area contributed by atoms with E-state index in [2.05, 4.69) is 20.1 Å². The molecule has 5 rings (SSSR count). The van der Waals surface area contributed by atoms with Gasteiger partial charge >= 0.3 is 0 Å². The van der Waals surface area contributed by atoms with E-state index in [0.29, 0.717) is 27.7 Å². The van der Waals surface area contributed by atoms with Crippen LogP contribution in [0.2, 0.25) is 0 Å². The third-order valence-corrected chi connectivity index (χ3v) is 5.78. The molecule has 0 amide bonds. The summed E-state index contributed by atoms with van der Waals surface area (Å²) in [5, 5.41) is 5.08. The lowest BCUT2D eigenvalue weighted by molar-refractivity contribution is 0.482. The van der Waals surface area contributed by atoms with Gasteiger partial charge < -0.3 is 16.4 Å². The molecule has 0 radical (unpaired) electrons. The monoisotopic (exact) mass is 490 g/mol. The van der Waals surface area contributed by atoms with Gasteiger partial charge in [0.15, 0.2) is 11.6 Å². The SMILES string of the molecule is CN(C)c1ccc(-c2c(N)nc(-n3nc(Cc4c(F)ccc(F)c4F)c4ccccc43)nc2N)cn1. The van der Waals surface area contributed by atoms with Crippen LogP contribution in [-0.2, 0) is 6.42 Å². The maximum absolute atomic E-state index is 14.3. The van der Waals surface area contributed by atoms with E-state index >= 15 is 0 Å². The third kappa shape index (κ3) is 3.94. The molecule has 0 spiro atoms. The van der Waals surface area contributed by atoms with E-state index in [9.17, 15) is 13.2 Å². The predicted octanol–water partition coefficient (Wildman–Crippen LogP) is 4.12. The van der Waals surface area contributed by atoms with Gasteiger partial charge in [-0.3, -0.25) is 0 Å². The molecule has 182 valence electrons. The molecule has 11 heteroatoms. The van der Waals surface area contributed by atoms with E-state index < -0.39 is 23.0 Å². The van der Waals surface area contributed by atoms with Gasteiger partial charge in [0, 0.05) is 43.2 Å². The highest BCUT2D eigenvalue weighted by Crippen LogP contribution is 2.32. The summed E-state index contributed by atoms with van der Waals surface area (Å²) in [5.41, 5.74) is 14.1. The van der Waals surface area contributed by atoms with Crippen molar-refractivity contribution in [1.29, 1.82) is 0 Å². The number of pyridine rings is 1. The molecule has 0 saturated heterocycles. The fourth-order valence-electron chi connectivity index (χ4n) is 3.98. The van der Waals surface area contributed by atoms with Crippen molar-refractivity contribution < 1.29 is 13.2 Å². The van der Waals surface area contributed by atoms with E-state index in [-0.39, 0.29) is 24.0 Å². The summed E-state index contributed by atoms with van der Waals surface area (Å²) in [5.74, 6) is -2.19. The molecule has 0 aliphatic rings. The largest absolute Gasteiger partial charge is 0.383 e. The number of nitrogens with two attached hydrogens (primary N) is 2. The Morgan fingerprint density at radius 1 is 0.889 bits per heavy atom. The number of fused-ring (bicyclic) bond motifs is 1. The average Bonchev–Trinajstić information content (AvgIpc) is 3.22. The van der Waals surface area contributed by atoms with Crippen molar-refractivity contribution in [2.24, 2.45) is 0 Å². The van der Waals surface area contributed by atoms with Gasteiger partial charge in [0.1, 0.15) is 23.3 Å². The van der Waals surface area contributed by atoms with Crippen molar-refractivity contribution in [3.05, 3.63) is 83.4 Å². The van der Waals surface area contributed by atoms with Crippen molar-refractivity contribution in [2.45, 2.75) is 6.42 Å². The van der Waals surface area contributed by atoms with Gasteiger partial charge in [-0.1, -0.05) is 18.2 Å². The minimum atomic E-state index is -1.25. The Morgan fingerprint density at radius 2 is 1.58 bits per heavy atom. The van der Waals surface area contributed by atoms with Crippen LogP contribution < -0.4 is 16.4 Å². The Kier molecular flexibility index (Phi) is 5.67. The molecule has 0 atom stereocenters. The summed E-state index contributed by atoms with van der Waals surface area (Å²) in [6, 6.07) is 12.3. The van der Waals surface area contributed by atoms with E-state index in [1.54, 1.807) is 30.5 Å². The second kappa shape index (κ2) is 8.84. The maximum Gasteiger partial charge on any atom is 0.255 e. The molecule has 2 aromatic carbocycles. The van der Waals surface area contributed by atoms with Crippen LogP contribution in [0.5, 0.6) is 0 Å². The molecular weight excluding hydrogens is 469 g/mol. The van der Waals surface area contributed by atoms with Gasteiger partial charge in [-0.05, 0) is 30.3 Å². The van der Waals surface area contributed by atoms with Crippen molar-refractivity contribution >= 4 is 28.4 Å². The molecule has 4 N–H and O–H groups in total. The first kappa shape index (κ1) is 23.1. The lowest BCUT2D eigenvalue weighted by Gasteiger charge is -2.13. The summed E-state index contributed by atoms with van der Waals surface area (Å²) in [6.07, 6.45) is 1.35. The zero-order valence-corrected chi connectivity index (χ0v) is 19.4. The molecular formula is C25H21F3N8. The first-order valence-electron chi connectivity index (χ1n) is 10.9. The normalized spacial score (nSPS) is 11.2. The molecule has 0 bridgehead atoms. The van der Waals surface area contributed by atoms with Crippen LogP contribution in [0.15, 0.2) is 54.7 Å². The number of para-hydroxylation sites is 1. The van der Waals surface area contributed by atoms with Gasteiger partial charge in [0.05, 0.1) is 16.8 Å². The molecule has 0 aliphatic heterocycles. The molecule has 36 heavy (non-hydrogen) atoms. The minimum Gasteiger partial charge on any atom is -0.383 e. The van der Waals surface area contributed by atoms with Crippen LogP contribution in [0.1, 0.15) is 11.3 Å². The minimum absolute atomic E-state index is 0.0780. The zero-order valence-electron chi connectivity index (χ0n) is 19.4. The second-order valence-electron chi connectivity index (χ2n) is 8.34. The summed E-state index contributed by atoms with van der Waals surface area (Å²) in [6.45, 7) is 0. The molecule has 0 unspecified atom stereocenters. The van der Waals surface area contributed by atoms with Crippen LogP contribution in [0.25, 0.3) is 28.0 Å². The number of hydrogen-bond acceptors (Lipinski definition) is 7. The van der Waals surface area contributed by atoms with Crippen molar-refractivity contribution in [3.63, 3.8) is 0 Å². The molecule has 0 aliphatic carbocycles. The molecule has 3 aromatic heterocycles. The highest BCUT2D eigenvalue weighted by Gasteiger charge is 2.21. The Hall–Kier alpha value is -4.67. The number of aromatic nitrogens is 5. The van der Waals surface area contributed by atoms with E-state index in [1.807, 2.05) is 31.1 Å². The van der Waals surface area contributed by atoms with Crippen molar-refractivity contribution in [1.82, 2.24) is 24.7 Å². The number of halogens is 3. The number of nitrogens with zero attached hydrogens (tertiary/aromatic N) is 6. The predicted molar refractivity (Wildman–Crippen MR) is 132 cm³/mol. The van der Waals surface area contributed by atoms with Crippen LogP contribution in [0, 0.1) is 17.5 Å². The van der Waals surface area contributed by atoms with Gasteiger partial charge in [0.25, 0.3) is 5.95 Å². The fourth-order valence-corrected chi connectivity index (χ4v) is 3.98. The van der Waals surface area contributed by atoms with Crippen LogP contribution in [0.4, 0.5) is 30.6 Å². The number of hydrogen-bond donors (Lipinski definition) is 2. The Bertz CT molecular complexity index is 1570. The summed E-state index contributed by atoms with van der Waals surface area (Å²) < 4.78 is 43.8. The lowest BCUT2D eigenvalue weighted by atomic mass is 10.1. The van der Waals surface area contributed by atoms with E-state index in [0.717, 1.165) is 18.0 Å². The van der Waals surface area contributed by atoms with Gasteiger partial charge in [0.2, 0.25) is 0 Å². The summed E-state index contributed by atoms with van der Waals surface area (Å²) in [7, 11) is 3.75. The summed E-state index contributed by atoms with van der Waals surface area (Å²) in [4.78, 5) is 15.0. The van der Waals surface area contributed by atoms with E-state index in [4.69, 9.17) is 11.5 Å². The Morgan fingerprint density at radius 3 is 2.25 bits per heavy atom. The zero-order chi connectivity index (χ0) is 25.6. The number of benzene rings is 2. The topological polar surface area (TPSA) is 112 Å². The van der Waals surface area contributed by atoms with Gasteiger partial charge in [-0.2, -0.15) is 19.7 Å². The number of nitrogen functional groups attached to an aromatic ring is 2. The second-order valence-corrected chi connectivity index (χ2v) is 8.34. The Balaban J connectivity index is 1.60. The van der Waals surface area contributed by atoms with Crippen LogP contribution >= 0.6 is 0 Å². The molecule has 5 aromatic rings. The Labute approximate surface area is 204 Å². The quantitative estimate of drug-likeness (QED) is 0.357. The lowest BCUT2D eigenvalue weighted by Crippen LogP contribution is -2.11. The standard InChI is InChI=1S/C25H21F3N8/c1-35(2)20-10-7-13(12-31-20)21-23(29)32-25(33-24(21)30)36-19-6-4-3-5-14(19)18(34-36)11-15-16(26)8-9-17(27)22(15)28/h3-10,12H,11H2,1-2H3,(H4,29,30,32,33). The molecule has 8 nitrogen and oxygen atoms in total. The third-order valence-electron chi connectivity index (χ3n) is 5.78. The molecule has 0 fully saturated rings. The molecule has 3 heterocycles. The van der Waals surface area contributed by atoms with Crippen molar-refractivity contribution in [3.8, 4) is 17.1 Å². The first-order chi connectivity index (χ1) is 17.2. The summed E-state index contributed by atoms with van der Waals surface area (Å²) >= 11 is 0. The van der Waals surface area contributed by atoms with E-state index in [1.165, 1.54) is 4.68 Å². The van der Waals surface area contributed by atoms with Crippen LogP contribution in [0.3, 0.4) is 0 Å². The number of anilines is 3. The van der Waals surface area contributed by atoms with Gasteiger partial charge in [-0.15, -0.1) is 0 Å². The fraction of sp³-hybridized carbons (Fsp3) is 0.120. The highest BCUT2D eigenvalue weighted by molar-refractivity contribution is 5.85. The number of rotatable bonds is 5. The average molecular weight is 490 g/mol. The van der Waals surface area contributed by atoms with Crippen LogP contribution in [-0.4, -0.2) is 38.8 Å². The molecule has 0 saturated carbocycles.